The largest absolute Gasteiger partial charge is 0.462 e. The number of hydrogen-bond donors (Lipinski definition) is 0. The minimum atomic E-state index is -0.332. The van der Waals surface area contributed by atoms with Gasteiger partial charge in [-0.1, -0.05) is 25.5 Å². The van der Waals surface area contributed by atoms with Gasteiger partial charge in [0.2, 0.25) is 0 Å². The summed E-state index contributed by atoms with van der Waals surface area (Å²) in [5.41, 5.74) is 2.37. The van der Waals surface area contributed by atoms with E-state index in [0.29, 0.717) is 5.92 Å². The summed E-state index contributed by atoms with van der Waals surface area (Å²) in [6.45, 7) is 9.37. The van der Waals surface area contributed by atoms with E-state index >= 15 is 0 Å². The van der Waals surface area contributed by atoms with Crippen LogP contribution in [0, 0.1) is 17.3 Å². The minimum Gasteiger partial charge on any atom is -0.462 e. The Bertz CT molecular complexity index is 546. The fraction of sp³-hybridized carbons (Fsp3) is 0.684. The number of hydrogen-bond acceptors (Lipinski definition) is 4. The first-order valence-corrected chi connectivity index (χ1v) is 8.47. The van der Waals surface area contributed by atoms with Crippen molar-refractivity contribution in [3.63, 3.8) is 0 Å². The van der Waals surface area contributed by atoms with E-state index in [0.717, 1.165) is 31.3 Å². The molecule has 2 rings (SSSR count). The third-order valence-electron chi connectivity index (χ3n) is 5.64. The van der Waals surface area contributed by atoms with Crippen molar-refractivity contribution in [2.75, 3.05) is 0 Å². The molecule has 2 aliphatic carbocycles. The summed E-state index contributed by atoms with van der Waals surface area (Å²) in [6.07, 6.45) is 7.77. The molecule has 0 radical (unpaired) electrons. The van der Waals surface area contributed by atoms with Crippen molar-refractivity contribution in [1.82, 2.24) is 0 Å². The van der Waals surface area contributed by atoms with Crippen LogP contribution in [-0.4, -0.2) is 18.0 Å². The van der Waals surface area contributed by atoms with Crippen LogP contribution in [0.15, 0.2) is 23.5 Å². The number of allylic oxidation sites excluding steroid dienone is 2. The lowest BCUT2D eigenvalue weighted by atomic mass is 9.53. The molecule has 4 nitrogen and oxygen atoms in total. The molecule has 0 N–H and O–H groups in total. The van der Waals surface area contributed by atoms with Crippen molar-refractivity contribution in [1.29, 1.82) is 0 Å². The first-order valence-electron chi connectivity index (χ1n) is 8.47. The molecule has 0 aliphatic heterocycles. The van der Waals surface area contributed by atoms with Crippen LogP contribution < -0.4 is 0 Å². The molecule has 0 saturated heterocycles. The molecule has 23 heavy (non-hydrogen) atoms. The molecule has 0 aromatic carbocycles. The summed E-state index contributed by atoms with van der Waals surface area (Å²) in [5.74, 6) is -0.0471. The van der Waals surface area contributed by atoms with Gasteiger partial charge in [0.05, 0.1) is 6.26 Å². The summed E-state index contributed by atoms with van der Waals surface area (Å²) in [4.78, 5) is 22.7. The molecule has 0 unspecified atom stereocenters. The van der Waals surface area contributed by atoms with Gasteiger partial charge in [0.1, 0.15) is 6.10 Å². The van der Waals surface area contributed by atoms with E-state index in [1.54, 1.807) is 6.26 Å². The highest BCUT2D eigenvalue weighted by Crippen LogP contribution is 2.56. The second-order valence-electron chi connectivity index (χ2n) is 7.13. The number of rotatable bonds is 3. The summed E-state index contributed by atoms with van der Waals surface area (Å²) in [7, 11) is 0. The van der Waals surface area contributed by atoms with Gasteiger partial charge in [0.15, 0.2) is 0 Å². The molecular formula is C19H28O4. The smallest absolute Gasteiger partial charge is 0.307 e. The maximum Gasteiger partial charge on any atom is 0.307 e. The monoisotopic (exact) mass is 320 g/mol. The average Bonchev–Trinajstić information content (AvgIpc) is 2.45. The lowest BCUT2D eigenvalue weighted by Gasteiger charge is -2.52. The Kier molecular flexibility index (Phi) is 5.33. The second kappa shape index (κ2) is 6.90. The van der Waals surface area contributed by atoms with Crippen LogP contribution in [-0.2, 0) is 19.1 Å². The number of ether oxygens (including phenoxy) is 2. The van der Waals surface area contributed by atoms with Crippen molar-refractivity contribution in [2.45, 2.75) is 66.4 Å². The fourth-order valence-electron chi connectivity index (χ4n) is 4.43. The molecule has 1 saturated carbocycles. The Morgan fingerprint density at radius 2 is 1.91 bits per heavy atom. The number of carbonyl (C=O) groups is 2. The maximum atomic E-state index is 11.6. The average molecular weight is 320 g/mol. The van der Waals surface area contributed by atoms with Crippen molar-refractivity contribution in [3.8, 4) is 0 Å². The van der Waals surface area contributed by atoms with Gasteiger partial charge in [0.25, 0.3) is 0 Å². The highest BCUT2D eigenvalue weighted by Gasteiger charge is 2.51. The molecule has 0 heterocycles. The first kappa shape index (κ1) is 17.8. The molecule has 0 bridgehead atoms. The van der Waals surface area contributed by atoms with E-state index < -0.39 is 0 Å². The molecule has 4 heteroatoms. The van der Waals surface area contributed by atoms with Gasteiger partial charge >= 0.3 is 11.9 Å². The molecule has 0 aromatic heterocycles. The zero-order valence-electron chi connectivity index (χ0n) is 14.8. The van der Waals surface area contributed by atoms with Gasteiger partial charge in [-0.25, -0.2) is 0 Å². The highest BCUT2D eigenvalue weighted by molar-refractivity contribution is 5.67. The zero-order valence-corrected chi connectivity index (χ0v) is 14.8. The third-order valence-corrected chi connectivity index (χ3v) is 5.64. The summed E-state index contributed by atoms with van der Waals surface area (Å²) < 4.78 is 10.8. The van der Waals surface area contributed by atoms with Gasteiger partial charge in [-0.15, -0.1) is 0 Å². The summed E-state index contributed by atoms with van der Waals surface area (Å²) in [6, 6.07) is 0. The predicted octanol–water partition coefficient (Wildman–Crippen LogP) is 4.16. The molecular weight excluding hydrogens is 292 g/mol. The predicted molar refractivity (Wildman–Crippen MR) is 88.4 cm³/mol. The van der Waals surface area contributed by atoms with Crippen LogP contribution in [0.3, 0.4) is 0 Å². The molecule has 128 valence electrons. The molecule has 0 aromatic rings. The Balaban J connectivity index is 2.42. The number of esters is 2. The summed E-state index contributed by atoms with van der Waals surface area (Å²) in [5, 5.41) is 0. The van der Waals surface area contributed by atoms with E-state index in [4.69, 9.17) is 9.47 Å². The normalized spacial score (nSPS) is 34.2. The molecule has 2 aliphatic rings. The van der Waals surface area contributed by atoms with E-state index in [1.165, 1.54) is 19.4 Å². The highest BCUT2D eigenvalue weighted by atomic mass is 16.5. The molecule has 4 atom stereocenters. The van der Waals surface area contributed by atoms with Crippen LogP contribution in [0.2, 0.25) is 0 Å². The molecule has 0 amide bonds. The Morgan fingerprint density at radius 1 is 1.22 bits per heavy atom. The molecule has 1 fully saturated rings. The van der Waals surface area contributed by atoms with E-state index in [1.807, 2.05) is 6.92 Å². The Hall–Kier alpha value is -1.58. The lowest BCUT2D eigenvalue weighted by Crippen LogP contribution is -2.49. The number of carbonyl (C=O) groups excluding carboxylic acids is 2. The van der Waals surface area contributed by atoms with Crippen molar-refractivity contribution < 1.29 is 19.1 Å². The van der Waals surface area contributed by atoms with Crippen molar-refractivity contribution in [2.24, 2.45) is 17.3 Å². The van der Waals surface area contributed by atoms with Crippen molar-refractivity contribution in [3.05, 3.63) is 23.5 Å². The standard InChI is InChI=1S/C19H28O4/c1-12(11-22-14(3)20)18-17(23-15(4)21)10-9-16-8-6-7-13(2)19(16,18)5/h8,11,13,17-18H,6-7,9-10H2,1-5H3/b12-11+/t13-,17-,18-,19+/m0/s1. The van der Waals surface area contributed by atoms with Gasteiger partial charge in [-0.05, 0) is 44.1 Å². The summed E-state index contributed by atoms with van der Waals surface area (Å²) >= 11 is 0. The number of fused-ring (bicyclic) bond motifs is 1. The fourth-order valence-corrected chi connectivity index (χ4v) is 4.43. The SMILES string of the molecule is CC(=O)O/C=C(\C)[C@H]1[C@@H](OC(C)=O)CCC2=CCC[C@H](C)[C@]21C. The van der Waals surface area contributed by atoms with Gasteiger partial charge < -0.3 is 9.47 Å². The van der Waals surface area contributed by atoms with Gasteiger partial charge in [0, 0.05) is 25.2 Å². The Labute approximate surface area is 138 Å². The second-order valence-corrected chi connectivity index (χ2v) is 7.13. The zero-order chi connectivity index (χ0) is 17.2. The van der Waals surface area contributed by atoms with E-state index in [-0.39, 0.29) is 29.4 Å². The first-order chi connectivity index (χ1) is 10.8. The quantitative estimate of drug-likeness (QED) is 0.445. The maximum absolute atomic E-state index is 11.6. The van der Waals surface area contributed by atoms with Crippen molar-refractivity contribution >= 4 is 11.9 Å². The topological polar surface area (TPSA) is 52.6 Å². The van der Waals surface area contributed by atoms with Crippen LogP contribution in [0.1, 0.15) is 60.3 Å². The lowest BCUT2D eigenvalue weighted by molar-refractivity contribution is -0.153. The van der Waals surface area contributed by atoms with Crippen LogP contribution in [0.5, 0.6) is 0 Å². The van der Waals surface area contributed by atoms with Gasteiger partial charge in [-0.3, -0.25) is 9.59 Å². The van der Waals surface area contributed by atoms with Crippen LogP contribution in [0.25, 0.3) is 0 Å². The van der Waals surface area contributed by atoms with Crippen LogP contribution >= 0.6 is 0 Å². The van der Waals surface area contributed by atoms with E-state index in [2.05, 4.69) is 19.9 Å². The van der Waals surface area contributed by atoms with Crippen LogP contribution in [0.4, 0.5) is 0 Å². The Morgan fingerprint density at radius 3 is 2.52 bits per heavy atom. The van der Waals surface area contributed by atoms with Gasteiger partial charge in [-0.2, -0.15) is 0 Å². The minimum absolute atomic E-state index is 0.0426. The van der Waals surface area contributed by atoms with E-state index in [9.17, 15) is 9.59 Å². The third kappa shape index (κ3) is 3.51. The molecule has 0 spiro atoms.